The van der Waals surface area contributed by atoms with Crippen molar-refractivity contribution in [1.82, 2.24) is 0 Å². The van der Waals surface area contributed by atoms with Crippen molar-refractivity contribution >= 4 is 19.7 Å². The first kappa shape index (κ1) is 13.3. The van der Waals surface area contributed by atoms with Gasteiger partial charge in [-0.25, -0.2) is 8.42 Å². The van der Waals surface area contributed by atoms with E-state index in [2.05, 4.69) is 6.92 Å². The fourth-order valence-electron chi connectivity index (χ4n) is 1.75. The van der Waals surface area contributed by atoms with Gasteiger partial charge in [-0.2, -0.15) is 0 Å². The Bertz CT molecular complexity index is 285. The summed E-state index contributed by atoms with van der Waals surface area (Å²) in [5.41, 5.74) is 0. The molecule has 0 spiro atoms. The van der Waals surface area contributed by atoms with Crippen LogP contribution in [0, 0.1) is 11.8 Å². The molecule has 0 radical (unpaired) electrons. The molecule has 0 aromatic heterocycles. The first-order chi connectivity index (χ1) is 6.88. The molecule has 1 rings (SSSR count). The molecule has 90 valence electrons. The molecule has 3 nitrogen and oxygen atoms in total. The summed E-state index contributed by atoms with van der Waals surface area (Å²) in [5.74, 6) is 0.631. The lowest BCUT2D eigenvalue weighted by Gasteiger charge is -2.31. The van der Waals surface area contributed by atoms with Crippen LogP contribution in [0.25, 0.3) is 0 Å². The molecular formula is C10H19ClO3S. The first-order valence-corrected chi connectivity index (χ1v) is 7.90. The lowest BCUT2D eigenvalue weighted by atomic mass is 9.82. The van der Waals surface area contributed by atoms with E-state index < -0.39 is 9.05 Å². The molecule has 1 aliphatic rings. The van der Waals surface area contributed by atoms with Gasteiger partial charge in [0.1, 0.15) is 0 Å². The molecular weight excluding hydrogens is 236 g/mol. The topological polar surface area (TPSA) is 43.4 Å². The van der Waals surface area contributed by atoms with Gasteiger partial charge in [0, 0.05) is 10.7 Å². The Morgan fingerprint density at radius 1 is 1.40 bits per heavy atom. The standard InChI is InChI=1S/C10H19ClO3S/c1-8(7-15(11,12)13)6-14-9(2)10-4-3-5-10/h8-10H,3-7H2,1-2H3. The highest BCUT2D eigenvalue weighted by Gasteiger charge is 2.25. The molecule has 2 unspecified atom stereocenters. The monoisotopic (exact) mass is 254 g/mol. The van der Waals surface area contributed by atoms with E-state index in [0.29, 0.717) is 12.5 Å². The molecule has 0 aliphatic heterocycles. The Morgan fingerprint density at radius 2 is 2.00 bits per heavy atom. The van der Waals surface area contributed by atoms with Crippen LogP contribution in [0.1, 0.15) is 33.1 Å². The zero-order chi connectivity index (χ0) is 11.5. The second-order valence-corrected chi connectivity index (χ2v) is 7.36. The second-order valence-electron chi connectivity index (χ2n) is 4.54. The van der Waals surface area contributed by atoms with Gasteiger partial charge in [0.25, 0.3) is 0 Å². The van der Waals surface area contributed by atoms with Crippen LogP contribution in [0.15, 0.2) is 0 Å². The van der Waals surface area contributed by atoms with Crippen molar-refractivity contribution in [1.29, 1.82) is 0 Å². The zero-order valence-electron chi connectivity index (χ0n) is 9.28. The molecule has 0 N–H and O–H groups in total. The minimum atomic E-state index is -3.39. The Balaban J connectivity index is 2.18. The molecule has 0 amide bonds. The van der Waals surface area contributed by atoms with Crippen LogP contribution in [0.5, 0.6) is 0 Å². The number of halogens is 1. The zero-order valence-corrected chi connectivity index (χ0v) is 10.9. The molecule has 1 fully saturated rings. The number of rotatable bonds is 6. The van der Waals surface area contributed by atoms with Gasteiger partial charge in [0.05, 0.1) is 18.5 Å². The van der Waals surface area contributed by atoms with Crippen LogP contribution >= 0.6 is 10.7 Å². The molecule has 15 heavy (non-hydrogen) atoms. The minimum absolute atomic E-state index is 0.00799. The van der Waals surface area contributed by atoms with Crippen molar-refractivity contribution in [2.24, 2.45) is 11.8 Å². The smallest absolute Gasteiger partial charge is 0.232 e. The van der Waals surface area contributed by atoms with Gasteiger partial charge in [-0.05, 0) is 31.6 Å². The average Bonchev–Trinajstić information content (AvgIpc) is 1.94. The number of ether oxygens (including phenoxy) is 1. The highest BCUT2D eigenvalue weighted by Crippen LogP contribution is 2.31. The summed E-state index contributed by atoms with van der Waals surface area (Å²) in [7, 11) is 1.77. The summed E-state index contributed by atoms with van der Waals surface area (Å²) in [6.07, 6.45) is 4.02. The lowest BCUT2D eigenvalue weighted by Crippen LogP contribution is -2.29. The minimum Gasteiger partial charge on any atom is -0.378 e. The molecule has 5 heteroatoms. The predicted octanol–water partition coefficient (Wildman–Crippen LogP) is 2.40. The Hall–Kier alpha value is 0.200. The van der Waals surface area contributed by atoms with Crippen LogP contribution < -0.4 is 0 Å². The van der Waals surface area contributed by atoms with E-state index in [1.165, 1.54) is 19.3 Å². The van der Waals surface area contributed by atoms with Crippen LogP contribution in [-0.4, -0.2) is 26.9 Å². The third kappa shape index (κ3) is 5.18. The maximum absolute atomic E-state index is 10.8. The largest absolute Gasteiger partial charge is 0.378 e. The summed E-state index contributed by atoms with van der Waals surface area (Å²) in [6, 6.07) is 0. The maximum atomic E-state index is 10.8. The van der Waals surface area contributed by atoms with E-state index in [1.54, 1.807) is 0 Å². The fraction of sp³-hybridized carbons (Fsp3) is 1.00. The van der Waals surface area contributed by atoms with Crippen molar-refractivity contribution in [2.45, 2.75) is 39.2 Å². The third-order valence-electron chi connectivity index (χ3n) is 2.94. The van der Waals surface area contributed by atoms with E-state index in [0.717, 1.165) is 0 Å². The van der Waals surface area contributed by atoms with Crippen molar-refractivity contribution in [3.05, 3.63) is 0 Å². The van der Waals surface area contributed by atoms with E-state index in [1.807, 2.05) is 6.92 Å². The third-order valence-corrected chi connectivity index (χ3v) is 4.29. The summed E-state index contributed by atoms with van der Waals surface area (Å²) >= 11 is 0. The predicted molar refractivity (Wildman–Crippen MR) is 61.6 cm³/mol. The normalized spacial score (nSPS) is 22.1. The molecule has 1 aliphatic carbocycles. The molecule has 0 saturated heterocycles. The lowest BCUT2D eigenvalue weighted by molar-refractivity contribution is -0.0128. The molecule has 0 heterocycles. The van der Waals surface area contributed by atoms with Crippen molar-refractivity contribution in [3.63, 3.8) is 0 Å². The quantitative estimate of drug-likeness (QED) is 0.684. The van der Waals surface area contributed by atoms with E-state index in [4.69, 9.17) is 15.4 Å². The first-order valence-electron chi connectivity index (χ1n) is 5.42. The Kier molecular flexibility index (Phi) is 4.87. The van der Waals surface area contributed by atoms with Gasteiger partial charge in [0.2, 0.25) is 9.05 Å². The van der Waals surface area contributed by atoms with Gasteiger partial charge in [-0.15, -0.1) is 0 Å². The second kappa shape index (κ2) is 5.51. The highest BCUT2D eigenvalue weighted by molar-refractivity contribution is 8.13. The fourth-order valence-corrected chi connectivity index (χ4v) is 3.17. The molecule has 0 bridgehead atoms. The van der Waals surface area contributed by atoms with Crippen molar-refractivity contribution < 1.29 is 13.2 Å². The Morgan fingerprint density at radius 3 is 2.40 bits per heavy atom. The summed E-state index contributed by atoms with van der Waals surface area (Å²) in [6.45, 7) is 4.38. The van der Waals surface area contributed by atoms with Crippen LogP contribution in [0.3, 0.4) is 0 Å². The highest BCUT2D eigenvalue weighted by atomic mass is 35.7. The molecule has 0 aromatic rings. The number of hydrogen-bond donors (Lipinski definition) is 0. The summed E-state index contributed by atoms with van der Waals surface area (Å²) in [5, 5.41) is 0. The average molecular weight is 255 g/mol. The van der Waals surface area contributed by atoms with Gasteiger partial charge < -0.3 is 4.74 Å². The van der Waals surface area contributed by atoms with E-state index >= 15 is 0 Å². The summed E-state index contributed by atoms with van der Waals surface area (Å²) in [4.78, 5) is 0. The van der Waals surface area contributed by atoms with Crippen molar-refractivity contribution in [3.8, 4) is 0 Å². The maximum Gasteiger partial charge on any atom is 0.232 e. The SMILES string of the molecule is CC(COC(C)C1CCC1)CS(=O)(=O)Cl. The van der Waals surface area contributed by atoms with Gasteiger partial charge >= 0.3 is 0 Å². The number of hydrogen-bond acceptors (Lipinski definition) is 3. The molecule has 0 aromatic carbocycles. The van der Waals surface area contributed by atoms with Gasteiger partial charge in [0.15, 0.2) is 0 Å². The molecule has 2 atom stereocenters. The molecule has 1 saturated carbocycles. The van der Waals surface area contributed by atoms with Gasteiger partial charge in [-0.1, -0.05) is 13.3 Å². The van der Waals surface area contributed by atoms with Crippen LogP contribution in [-0.2, 0) is 13.8 Å². The van der Waals surface area contributed by atoms with E-state index in [9.17, 15) is 8.42 Å². The van der Waals surface area contributed by atoms with Crippen molar-refractivity contribution in [2.75, 3.05) is 12.4 Å². The van der Waals surface area contributed by atoms with Crippen LogP contribution in [0.4, 0.5) is 0 Å². The van der Waals surface area contributed by atoms with Gasteiger partial charge in [-0.3, -0.25) is 0 Å². The Labute approximate surface area is 96.6 Å². The van der Waals surface area contributed by atoms with E-state index in [-0.39, 0.29) is 17.8 Å². The van der Waals surface area contributed by atoms with Crippen LogP contribution in [0.2, 0.25) is 0 Å². The summed E-state index contributed by atoms with van der Waals surface area (Å²) < 4.78 is 27.2.